The van der Waals surface area contributed by atoms with Gasteiger partial charge in [-0.1, -0.05) is 0 Å². The van der Waals surface area contributed by atoms with E-state index in [0.717, 1.165) is 22.4 Å². The van der Waals surface area contributed by atoms with E-state index < -0.39 is 0 Å². The molecule has 4 N–H and O–H groups in total. The largest absolute Gasteiger partial charge is 1.00 e. The van der Waals surface area contributed by atoms with Gasteiger partial charge >= 0.3 is 0 Å². The number of nitrogen functional groups attached to an aromatic ring is 2. The number of nitrogens with two attached hydrogens (primary N) is 2. The Kier molecular flexibility index (Phi) is 3.13. The fraction of sp³-hybridized carbons (Fsp3) is 0.0714. The number of hydrogen-bond donors (Lipinski definition) is 2. The Balaban J connectivity index is 0.00000120. The summed E-state index contributed by atoms with van der Waals surface area (Å²) in [5.41, 5.74) is 15.4. The number of rotatable bonds is 0. The first kappa shape index (κ1) is 12.6. The average molecular weight is 304 g/mol. The van der Waals surface area contributed by atoms with Gasteiger partial charge in [-0.15, -0.1) is 0 Å². The molecule has 2 aromatic carbocycles. The second-order valence-electron chi connectivity index (χ2n) is 4.34. The van der Waals surface area contributed by atoms with Gasteiger partial charge in [-0.3, -0.25) is 0 Å². The lowest BCUT2D eigenvalue weighted by molar-refractivity contribution is -0.617. The van der Waals surface area contributed by atoms with Gasteiger partial charge in [0, 0.05) is 34.3 Å². The molecule has 3 aromatic rings. The quantitative estimate of drug-likeness (QED) is 0.317. The Hall–Kier alpha value is -1.81. The van der Waals surface area contributed by atoms with Gasteiger partial charge in [0.05, 0.1) is 0 Å². The molecule has 1 heterocycles. The van der Waals surface area contributed by atoms with Crippen LogP contribution >= 0.6 is 0 Å². The van der Waals surface area contributed by atoms with Crippen LogP contribution in [0.1, 0.15) is 0 Å². The molecule has 3 nitrogen and oxygen atoms in total. The molecule has 0 fully saturated rings. The molecule has 1 aromatic heterocycles. The Morgan fingerprint density at radius 3 is 1.67 bits per heavy atom. The minimum Gasteiger partial charge on any atom is -1.00 e. The number of hydrogen-bond acceptors (Lipinski definition) is 2. The predicted molar refractivity (Wildman–Crippen MR) is 71.5 cm³/mol. The van der Waals surface area contributed by atoms with E-state index in [4.69, 9.17) is 11.5 Å². The molecular formula is C14H14BrN3. The molecule has 0 amide bonds. The first-order chi connectivity index (χ1) is 8.15. The number of halogens is 1. The second kappa shape index (κ2) is 4.46. The van der Waals surface area contributed by atoms with E-state index in [1.165, 1.54) is 10.8 Å². The Morgan fingerprint density at radius 1 is 0.778 bits per heavy atom. The summed E-state index contributed by atoms with van der Waals surface area (Å²) in [4.78, 5) is 0. The van der Waals surface area contributed by atoms with Crippen molar-refractivity contribution in [2.45, 2.75) is 0 Å². The molecule has 0 aliphatic rings. The summed E-state index contributed by atoms with van der Waals surface area (Å²) in [6.45, 7) is 0. The van der Waals surface area contributed by atoms with Crippen LogP contribution < -0.4 is 33.0 Å². The number of aromatic nitrogens is 1. The highest BCUT2D eigenvalue weighted by Crippen LogP contribution is 2.21. The van der Waals surface area contributed by atoms with Crippen LogP contribution in [-0.2, 0) is 7.05 Å². The number of pyridine rings is 1. The highest BCUT2D eigenvalue weighted by Gasteiger charge is 2.11. The van der Waals surface area contributed by atoms with Crippen molar-refractivity contribution in [2.75, 3.05) is 11.5 Å². The van der Waals surface area contributed by atoms with Crippen molar-refractivity contribution in [3.8, 4) is 0 Å². The smallest absolute Gasteiger partial charge is 0.214 e. The molecule has 92 valence electrons. The van der Waals surface area contributed by atoms with Crippen molar-refractivity contribution in [1.29, 1.82) is 0 Å². The van der Waals surface area contributed by atoms with Crippen molar-refractivity contribution in [3.63, 3.8) is 0 Å². The molecule has 0 bridgehead atoms. The molecule has 0 spiro atoms. The van der Waals surface area contributed by atoms with Crippen LogP contribution in [0.25, 0.3) is 21.8 Å². The molecule has 0 saturated carbocycles. The molecule has 3 rings (SSSR count). The van der Waals surface area contributed by atoms with E-state index in [1.54, 1.807) is 0 Å². The number of anilines is 2. The maximum absolute atomic E-state index is 5.83. The van der Waals surface area contributed by atoms with E-state index in [1.807, 2.05) is 43.4 Å². The van der Waals surface area contributed by atoms with Crippen LogP contribution in [0.3, 0.4) is 0 Å². The van der Waals surface area contributed by atoms with Crippen LogP contribution in [0.4, 0.5) is 11.4 Å². The predicted octanol–water partition coefficient (Wildman–Crippen LogP) is -1.01. The second-order valence-corrected chi connectivity index (χ2v) is 4.34. The molecule has 0 saturated heterocycles. The van der Waals surface area contributed by atoms with Gasteiger partial charge in [0.15, 0.2) is 0 Å². The Morgan fingerprint density at radius 2 is 1.22 bits per heavy atom. The number of benzene rings is 2. The number of aryl methyl sites for hydroxylation is 1. The molecule has 0 atom stereocenters. The molecule has 0 radical (unpaired) electrons. The highest BCUT2D eigenvalue weighted by atomic mass is 79.9. The van der Waals surface area contributed by atoms with Gasteiger partial charge in [0.25, 0.3) is 0 Å². The van der Waals surface area contributed by atoms with Crippen molar-refractivity contribution in [2.24, 2.45) is 7.05 Å². The zero-order chi connectivity index (χ0) is 12.0. The van der Waals surface area contributed by atoms with Gasteiger partial charge in [-0.2, -0.15) is 4.57 Å². The van der Waals surface area contributed by atoms with Gasteiger partial charge in [-0.25, -0.2) is 0 Å². The highest BCUT2D eigenvalue weighted by molar-refractivity contribution is 5.90. The summed E-state index contributed by atoms with van der Waals surface area (Å²) < 4.78 is 2.12. The van der Waals surface area contributed by atoms with E-state index in [2.05, 4.69) is 10.6 Å². The third kappa shape index (κ3) is 1.88. The first-order valence-electron chi connectivity index (χ1n) is 5.53. The molecule has 0 unspecified atom stereocenters. The van der Waals surface area contributed by atoms with Gasteiger partial charge < -0.3 is 28.4 Å². The fourth-order valence-electron chi connectivity index (χ4n) is 2.24. The molecule has 4 heteroatoms. The first-order valence-corrected chi connectivity index (χ1v) is 5.53. The van der Waals surface area contributed by atoms with Crippen LogP contribution in [-0.4, -0.2) is 0 Å². The average Bonchev–Trinajstić information content (AvgIpc) is 2.32. The van der Waals surface area contributed by atoms with E-state index in [0.29, 0.717) is 0 Å². The van der Waals surface area contributed by atoms with E-state index >= 15 is 0 Å². The molecular weight excluding hydrogens is 290 g/mol. The minimum atomic E-state index is 0. The van der Waals surface area contributed by atoms with Crippen LogP contribution in [0.2, 0.25) is 0 Å². The molecule has 18 heavy (non-hydrogen) atoms. The Bertz CT molecular complexity index is 678. The summed E-state index contributed by atoms with van der Waals surface area (Å²) in [5.74, 6) is 0. The van der Waals surface area contributed by atoms with E-state index in [-0.39, 0.29) is 17.0 Å². The van der Waals surface area contributed by atoms with E-state index in [9.17, 15) is 0 Å². The summed E-state index contributed by atoms with van der Waals surface area (Å²) >= 11 is 0. The summed E-state index contributed by atoms with van der Waals surface area (Å²) in [5, 5.41) is 2.36. The topological polar surface area (TPSA) is 55.9 Å². The summed E-state index contributed by atoms with van der Waals surface area (Å²) in [6.07, 6.45) is 0. The van der Waals surface area contributed by atoms with Gasteiger partial charge in [-0.05, 0) is 30.3 Å². The van der Waals surface area contributed by atoms with Crippen LogP contribution in [0.5, 0.6) is 0 Å². The van der Waals surface area contributed by atoms with Crippen LogP contribution in [0, 0.1) is 0 Å². The lowest BCUT2D eigenvalue weighted by Crippen LogP contribution is -3.00. The number of fused-ring (bicyclic) bond motifs is 2. The van der Waals surface area contributed by atoms with Crippen molar-refractivity contribution >= 4 is 33.2 Å². The Labute approximate surface area is 116 Å². The third-order valence-corrected chi connectivity index (χ3v) is 3.14. The van der Waals surface area contributed by atoms with Crippen LogP contribution in [0.15, 0.2) is 42.5 Å². The summed E-state index contributed by atoms with van der Waals surface area (Å²) in [7, 11) is 2.03. The fourth-order valence-corrected chi connectivity index (χ4v) is 2.24. The lowest BCUT2D eigenvalue weighted by Gasteiger charge is -2.03. The maximum Gasteiger partial charge on any atom is 0.214 e. The zero-order valence-electron chi connectivity index (χ0n) is 10.0. The zero-order valence-corrected chi connectivity index (χ0v) is 11.6. The van der Waals surface area contributed by atoms with Crippen molar-refractivity contribution in [3.05, 3.63) is 42.5 Å². The minimum absolute atomic E-state index is 0. The van der Waals surface area contributed by atoms with Crippen molar-refractivity contribution in [1.82, 2.24) is 0 Å². The maximum atomic E-state index is 5.83. The standard InChI is InChI=1S/C14H13N3.BrH/c1-17-13-7-11(15)4-2-9(13)6-10-3-5-12(16)8-14(10)17;/h2-8H,1H3,(H3,15,16);1H. The third-order valence-electron chi connectivity index (χ3n) is 3.14. The van der Waals surface area contributed by atoms with Crippen molar-refractivity contribution < 1.29 is 21.5 Å². The van der Waals surface area contributed by atoms with Gasteiger partial charge in [0.2, 0.25) is 11.0 Å². The normalized spacial score (nSPS) is 10.5. The SMILES string of the molecule is C[n+]1c2cc(N)ccc2cc2ccc(N)cc21.[Br-]. The summed E-state index contributed by atoms with van der Waals surface area (Å²) in [6, 6.07) is 14.1. The van der Waals surface area contributed by atoms with Gasteiger partial charge in [0.1, 0.15) is 7.05 Å². The number of nitrogens with zero attached hydrogens (tertiary/aromatic N) is 1. The lowest BCUT2D eigenvalue weighted by atomic mass is 10.1. The monoisotopic (exact) mass is 303 g/mol. The molecule has 0 aliphatic heterocycles. The molecule has 0 aliphatic carbocycles.